The van der Waals surface area contributed by atoms with Crippen LogP contribution in [0.15, 0.2) is 36.7 Å². The molecule has 0 aliphatic heterocycles. The lowest BCUT2D eigenvalue weighted by Crippen LogP contribution is -2.23. The van der Waals surface area contributed by atoms with Crippen molar-refractivity contribution >= 4 is 40.2 Å². The Kier molecular flexibility index (Phi) is 4.61. The molecule has 1 aromatic carbocycles. The van der Waals surface area contributed by atoms with Gasteiger partial charge in [0.15, 0.2) is 17.0 Å². The SMILES string of the molecule is Clc1ccc(Nc2nc(NC3CCCCC3)nc3nccnc23)cc1. The lowest BCUT2D eigenvalue weighted by Gasteiger charge is -2.23. The van der Waals surface area contributed by atoms with Gasteiger partial charge in [0.05, 0.1) is 0 Å². The summed E-state index contributed by atoms with van der Waals surface area (Å²) < 4.78 is 0. The second kappa shape index (κ2) is 7.19. The molecule has 1 aliphatic carbocycles. The van der Waals surface area contributed by atoms with Crippen molar-refractivity contribution in [3.63, 3.8) is 0 Å². The van der Waals surface area contributed by atoms with Crippen LogP contribution in [0.2, 0.25) is 5.02 Å². The lowest BCUT2D eigenvalue weighted by atomic mass is 9.96. The Hall–Kier alpha value is -2.47. The van der Waals surface area contributed by atoms with Crippen LogP contribution in [-0.2, 0) is 0 Å². The fourth-order valence-electron chi connectivity index (χ4n) is 3.11. The van der Waals surface area contributed by atoms with Crippen LogP contribution in [0.3, 0.4) is 0 Å². The van der Waals surface area contributed by atoms with Crippen molar-refractivity contribution in [2.45, 2.75) is 38.1 Å². The van der Waals surface area contributed by atoms with Crippen LogP contribution in [-0.4, -0.2) is 26.0 Å². The van der Waals surface area contributed by atoms with Crippen LogP contribution in [0.4, 0.5) is 17.5 Å². The monoisotopic (exact) mass is 354 g/mol. The summed E-state index contributed by atoms with van der Waals surface area (Å²) >= 11 is 5.96. The summed E-state index contributed by atoms with van der Waals surface area (Å²) in [6, 6.07) is 7.90. The minimum Gasteiger partial charge on any atom is -0.351 e. The number of anilines is 3. The molecule has 4 rings (SSSR count). The topological polar surface area (TPSA) is 75.6 Å². The van der Waals surface area contributed by atoms with Crippen LogP contribution in [0.25, 0.3) is 11.2 Å². The number of fused-ring (bicyclic) bond motifs is 1. The Morgan fingerprint density at radius 3 is 2.48 bits per heavy atom. The average Bonchev–Trinajstić information content (AvgIpc) is 2.64. The number of rotatable bonds is 4. The van der Waals surface area contributed by atoms with E-state index in [0.29, 0.717) is 34.0 Å². The van der Waals surface area contributed by atoms with Crippen molar-refractivity contribution in [3.05, 3.63) is 41.7 Å². The van der Waals surface area contributed by atoms with E-state index < -0.39 is 0 Å². The second-order valence-corrected chi connectivity index (χ2v) is 6.67. The zero-order valence-corrected chi connectivity index (χ0v) is 14.5. The van der Waals surface area contributed by atoms with Crippen LogP contribution < -0.4 is 10.6 Å². The fraction of sp³-hybridized carbons (Fsp3) is 0.333. The Morgan fingerprint density at radius 2 is 1.68 bits per heavy atom. The Labute approximate surface area is 151 Å². The van der Waals surface area contributed by atoms with Crippen molar-refractivity contribution in [2.24, 2.45) is 0 Å². The Morgan fingerprint density at radius 1 is 0.920 bits per heavy atom. The predicted molar refractivity (Wildman–Crippen MR) is 100 cm³/mol. The molecule has 0 saturated heterocycles. The van der Waals surface area contributed by atoms with Crippen LogP contribution in [0, 0.1) is 0 Å². The summed E-state index contributed by atoms with van der Waals surface area (Å²) in [7, 11) is 0. The summed E-state index contributed by atoms with van der Waals surface area (Å²) in [5, 5.41) is 7.45. The molecule has 7 heteroatoms. The number of nitrogens with zero attached hydrogens (tertiary/aromatic N) is 4. The summed E-state index contributed by atoms with van der Waals surface area (Å²) in [5.41, 5.74) is 2.11. The minimum atomic E-state index is 0.422. The third-order valence-corrected chi connectivity index (χ3v) is 4.63. The number of hydrogen-bond donors (Lipinski definition) is 2. The minimum absolute atomic E-state index is 0.422. The van der Waals surface area contributed by atoms with Gasteiger partial charge < -0.3 is 10.6 Å². The molecular formula is C18H19ClN6. The predicted octanol–water partition coefficient (Wildman–Crippen LogP) is 4.56. The van der Waals surface area contributed by atoms with Crippen molar-refractivity contribution < 1.29 is 0 Å². The van der Waals surface area contributed by atoms with E-state index >= 15 is 0 Å². The third kappa shape index (κ3) is 3.79. The molecule has 0 radical (unpaired) electrons. The first kappa shape index (κ1) is 16.0. The molecule has 2 heterocycles. The highest BCUT2D eigenvalue weighted by Gasteiger charge is 2.16. The van der Waals surface area contributed by atoms with Crippen LogP contribution in [0.1, 0.15) is 32.1 Å². The average molecular weight is 355 g/mol. The van der Waals surface area contributed by atoms with E-state index in [1.54, 1.807) is 12.4 Å². The highest BCUT2D eigenvalue weighted by Crippen LogP contribution is 2.25. The van der Waals surface area contributed by atoms with Gasteiger partial charge in [-0.25, -0.2) is 9.97 Å². The highest BCUT2D eigenvalue weighted by atomic mass is 35.5. The Balaban J connectivity index is 1.66. The fourth-order valence-corrected chi connectivity index (χ4v) is 3.24. The van der Waals surface area contributed by atoms with Crippen molar-refractivity contribution in [3.8, 4) is 0 Å². The van der Waals surface area contributed by atoms with Crippen molar-refractivity contribution in [1.29, 1.82) is 0 Å². The molecule has 2 N–H and O–H groups in total. The molecule has 3 aromatic rings. The molecule has 0 amide bonds. The van der Waals surface area contributed by atoms with E-state index in [0.717, 1.165) is 18.5 Å². The van der Waals surface area contributed by atoms with Crippen molar-refractivity contribution in [1.82, 2.24) is 19.9 Å². The number of aromatic nitrogens is 4. The molecule has 2 aromatic heterocycles. The Bertz CT molecular complexity index is 861. The van der Waals surface area contributed by atoms with Gasteiger partial charge in [-0.3, -0.25) is 0 Å². The number of hydrogen-bond acceptors (Lipinski definition) is 6. The smallest absolute Gasteiger partial charge is 0.227 e. The van der Waals surface area contributed by atoms with Gasteiger partial charge >= 0.3 is 0 Å². The van der Waals surface area contributed by atoms with E-state index in [-0.39, 0.29) is 0 Å². The normalized spacial score (nSPS) is 15.2. The quantitative estimate of drug-likeness (QED) is 0.715. The zero-order chi connectivity index (χ0) is 17.1. The first-order valence-corrected chi connectivity index (χ1v) is 8.93. The molecular weight excluding hydrogens is 336 g/mol. The van der Waals surface area contributed by atoms with Gasteiger partial charge in [0.2, 0.25) is 5.95 Å². The third-order valence-electron chi connectivity index (χ3n) is 4.38. The summed E-state index contributed by atoms with van der Waals surface area (Å²) in [6.45, 7) is 0. The van der Waals surface area contributed by atoms with Crippen LogP contribution >= 0.6 is 11.6 Å². The number of halogens is 1. The first-order valence-electron chi connectivity index (χ1n) is 8.56. The molecule has 128 valence electrons. The molecule has 1 aliphatic rings. The molecule has 0 atom stereocenters. The molecule has 0 bridgehead atoms. The summed E-state index contributed by atoms with van der Waals surface area (Å²) in [5.74, 6) is 1.23. The van der Waals surface area contributed by atoms with Gasteiger partial charge in [0.1, 0.15) is 0 Å². The maximum Gasteiger partial charge on any atom is 0.227 e. The van der Waals surface area contributed by atoms with Gasteiger partial charge in [-0.15, -0.1) is 0 Å². The summed E-state index contributed by atoms with van der Waals surface area (Å²) in [6.07, 6.45) is 9.41. The van der Waals surface area contributed by atoms with Gasteiger partial charge in [0, 0.05) is 29.1 Å². The molecule has 6 nitrogen and oxygen atoms in total. The van der Waals surface area contributed by atoms with E-state index in [9.17, 15) is 0 Å². The first-order chi connectivity index (χ1) is 12.3. The van der Waals surface area contributed by atoms with E-state index in [1.165, 1.54) is 19.3 Å². The molecule has 25 heavy (non-hydrogen) atoms. The molecule has 0 unspecified atom stereocenters. The lowest BCUT2D eigenvalue weighted by molar-refractivity contribution is 0.461. The zero-order valence-electron chi connectivity index (χ0n) is 13.7. The number of benzene rings is 1. The van der Waals surface area contributed by atoms with E-state index in [4.69, 9.17) is 11.6 Å². The van der Waals surface area contributed by atoms with E-state index in [1.807, 2.05) is 24.3 Å². The highest BCUT2D eigenvalue weighted by molar-refractivity contribution is 6.30. The number of nitrogens with one attached hydrogen (secondary N) is 2. The van der Waals surface area contributed by atoms with Gasteiger partial charge in [0.25, 0.3) is 0 Å². The second-order valence-electron chi connectivity index (χ2n) is 6.24. The van der Waals surface area contributed by atoms with Gasteiger partial charge in [-0.05, 0) is 37.1 Å². The largest absolute Gasteiger partial charge is 0.351 e. The van der Waals surface area contributed by atoms with E-state index in [2.05, 4.69) is 30.6 Å². The molecule has 0 spiro atoms. The van der Waals surface area contributed by atoms with Gasteiger partial charge in [-0.1, -0.05) is 30.9 Å². The molecule has 1 fully saturated rings. The van der Waals surface area contributed by atoms with Crippen molar-refractivity contribution in [2.75, 3.05) is 10.6 Å². The molecule has 1 saturated carbocycles. The standard InChI is InChI=1S/C18H19ClN6/c19-12-6-8-14(9-7-12)22-17-15-16(21-11-10-20-15)24-18(25-17)23-13-4-2-1-3-5-13/h6-11,13H,1-5H2,(H2,21,22,23,24,25). The van der Waals surface area contributed by atoms with Gasteiger partial charge in [-0.2, -0.15) is 9.97 Å². The maximum atomic E-state index is 5.96. The maximum absolute atomic E-state index is 5.96. The van der Waals surface area contributed by atoms with Crippen LogP contribution in [0.5, 0.6) is 0 Å². The summed E-state index contributed by atoms with van der Waals surface area (Å²) in [4.78, 5) is 17.9.